The van der Waals surface area contributed by atoms with Gasteiger partial charge in [-0.15, -0.1) is 0 Å². The molecule has 0 aliphatic rings. The number of carbonyl (C=O) groups is 1. The van der Waals surface area contributed by atoms with Gasteiger partial charge in [0.1, 0.15) is 6.17 Å². The zero-order valence-corrected chi connectivity index (χ0v) is 12.6. The summed E-state index contributed by atoms with van der Waals surface area (Å²) in [4.78, 5) is 10.6. The van der Waals surface area contributed by atoms with Crippen molar-refractivity contribution in [3.05, 3.63) is 0 Å². The van der Waals surface area contributed by atoms with Gasteiger partial charge in [0.05, 0.1) is 18.8 Å². The van der Waals surface area contributed by atoms with Crippen molar-refractivity contribution in [3.63, 3.8) is 0 Å². The zero-order valence-electron chi connectivity index (χ0n) is 12.6. The molecule has 0 spiro atoms. The van der Waals surface area contributed by atoms with Gasteiger partial charge in [0.15, 0.2) is 0 Å². The first kappa shape index (κ1) is 19.7. The van der Waals surface area contributed by atoms with Gasteiger partial charge in [-0.25, -0.2) is 4.39 Å². The molecule has 1 amide bonds. The molecule has 0 aliphatic carbocycles. The van der Waals surface area contributed by atoms with Crippen molar-refractivity contribution in [2.75, 3.05) is 26.2 Å². The zero-order chi connectivity index (χ0) is 14.6. The van der Waals surface area contributed by atoms with E-state index in [2.05, 4.69) is 10.6 Å². The molecule has 2 N–H and O–H groups in total. The molecule has 0 fully saturated rings. The van der Waals surface area contributed by atoms with E-state index in [0.717, 1.165) is 6.54 Å². The van der Waals surface area contributed by atoms with Crippen LogP contribution in [0.3, 0.4) is 0 Å². The minimum Gasteiger partial charge on any atom is -0.371 e. The van der Waals surface area contributed by atoms with Crippen LogP contribution < -0.4 is 10.6 Å². The van der Waals surface area contributed by atoms with Gasteiger partial charge in [-0.3, -0.25) is 4.79 Å². The number of nitrogens with one attached hydrogen (secondary N) is 2. The predicted molar refractivity (Wildman–Crippen MR) is 73.5 cm³/mol. The second-order valence-corrected chi connectivity index (χ2v) is 4.21. The summed E-state index contributed by atoms with van der Waals surface area (Å²) in [5.41, 5.74) is -0.877. The van der Waals surface area contributed by atoms with Crippen molar-refractivity contribution in [3.8, 4) is 0 Å². The number of likely N-dealkylation sites (N-methyl/N-ethyl adjacent to an activating group) is 1. The molecule has 4 nitrogen and oxygen atoms in total. The summed E-state index contributed by atoms with van der Waals surface area (Å²) in [6, 6.07) is 0. The lowest BCUT2D eigenvalue weighted by Gasteiger charge is -2.29. The normalized spacial score (nSPS) is 12.4. The van der Waals surface area contributed by atoms with Crippen molar-refractivity contribution in [1.29, 1.82) is 0 Å². The topological polar surface area (TPSA) is 50.4 Å². The molecule has 0 aromatic carbocycles. The van der Waals surface area contributed by atoms with Gasteiger partial charge in [-0.2, -0.15) is 0 Å². The molecule has 0 aliphatic heterocycles. The van der Waals surface area contributed by atoms with Crippen molar-refractivity contribution in [1.82, 2.24) is 10.6 Å². The maximum atomic E-state index is 13.7. The summed E-state index contributed by atoms with van der Waals surface area (Å²) in [7, 11) is 0. The molecule has 0 rings (SSSR count). The highest BCUT2D eigenvalue weighted by Crippen LogP contribution is 2.17. The van der Waals surface area contributed by atoms with E-state index in [4.69, 9.17) is 4.74 Å². The van der Waals surface area contributed by atoms with E-state index in [-0.39, 0.29) is 12.5 Å². The van der Waals surface area contributed by atoms with Gasteiger partial charge in [0, 0.05) is 13.5 Å². The van der Waals surface area contributed by atoms with Crippen molar-refractivity contribution in [2.24, 2.45) is 0 Å². The smallest absolute Gasteiger partial charge is 0.216 e. The van der Waals surface area contributed by atoms with E-state index >= 15 is 0 Å². The van der Waals surface area contributed by atoms with Crippen molar-refractivity contribution < 1.29 is 13.9 Å². The molecule has 0 heterocycles. The summed E-state index contributed by atoms with van der Waals surface area (Å²) in [6.07, 6.45) is -1.21. The van der Waals surface area contributed by atoms with Crippen LogP contribution in [-0.2, 0) is 9.53 Å². The fraction of sp³-hybridized carbons (Fsp3) is 0.923. The first-order valence-electron chi connectivity index (χ1n) is 6.63. The lowest BCUT2D eigenvalue weighted by Crippen LogP contribution is -2.44. The third kappa shape index (κ3) is 10.5. The van der Waals surface area contributed by atoms with E-state index in [1.807, 2.05) is 20.8 Å². The van der Waals surface area contributed by atoms with Crippen LogP contribution in [0.2, 0.25) is 0 Å². The molecule has 18 heavy (non-hydrogen) atoms. The number of hydrogen-bond acceptors (Lipinski definition) is 3. The third-order valence-corrected chi connectivity index (χ3v) is 2.29. The number of rotatable bonds is 8. The third-order valence-electron chi connectivity index (χ3n) is 2.29. The monoisotopic (exact) mass is 264 g/mol. The Kier molecular flexibility index (Phi) is 12.5. The fourth-order valence-corrected chi connectivity index (χ4v) is 1.13. The number of alkyl halides is 1. The Bertz CT molecular complexity index is 211. The second-order valence-electron chi connectivity index (χ2n) is 4.21. The largest absolute Gasteiger partial charge is 0.371 e. The van der Waals surface area contributed by atoms with Crippen LogP contribution in [0.15, 0.2) is 0 Å². The van der Waals surface area contributed by atoms with Gasteiger partial charge in [0.2, 0.25) is 5.91 Å². The SMILES string of the molecule is CC.CCNCCOC(C)(C)C(F)CNC(C)=O. The average molecular weight is 264 g/mol. The Balaban J connectivity index is 0. The van der Waals surface area contributed by atoms with Crippen molar-refractivity contribution >= 4 is 5.91 Å². The molecule has 0 aromatic heterocycles. The summed E-state index contributed by atoms with van der Waals surface area (Å²) in [5.74, 6) is -0.230. The number of amides is 1. The molecule has 0 bridgehead atoms. The molecule has 5 heteroatoms. The van der Waals surface area contributed by atoms with Gasteiger partial charge >= 0.3 is 0 Å². The average Bonchev–Trinajstić information content (AvgIpc) is 2.34. The van der Waals surface area contributed by atoms with Gasteiger partial charge in [-0.1, -0.05) is 20.8 Å². The molecule has 1 unspecified atom stereocenters. The molecule has 0 saturated carbocycles. The minimum absolute atomic E-state index is 0.0104. The highest BCUT2D eigenvalue weighted by Gasteiger charge is 2.30. The van der Waals surface area contributed by atoms with Gasteiger partial charge < -0.3 is 15.4 Å². The Morgan fingerprint density at radius 2 is 1.94 bits per heavy atom. The van der Waals surface area contributed by atoms with Crippen LogP contribution in [0, 0.1) is 0 Å². The standard InChI is InChI=1S/C11H23FN2O2.C2H6/c1-5-13-6-7-16-11(3,4)10(12)8-14-9(2)15;1-2/h10,13H,5-8H2,1-4H3,(H,14,15);1-2H3. The number of halogens is 1. The van der Waals surface area contributed by atoms with Gasteiger partial charge in [-0.05, 0) is 20.4 Å². The number of carbonyl (C=O) groups excluding carboxylic acids is 1. The van der Waals surface area contributed by atoms with Crippen LogP contribution in [0.25, 0.3) is 0 Å². The van der Waals surface area contributed by atoms with Crippen LogP contribution in [0.1, 0.15) is 41.5 Å². The van der Waals surface area contributed by atoms with E-state index in [1.54, 1.807) is 13.8 Å². The fourth-order valence-electron chi connectivity index (χ4n) is 1.13. The van der Waals surface area contributed by atoms with E-state index in [0.29, 0.717) is 13.2 Å². The van der Waals surface area contributed by atoms with E-state index in [1.165, 1.54) is 6.92 Å². The first-order chi connectivity index (χ1) is 8.40. The van der Waals surface area contributed by atoms with Crippen molar-refractivity contribution in [2.45, 2.75) is 53.3 Å². The summed E-state index contributed by atoms with van der Waals surface area (Å²) in [5, 5.41) is 5.54. The molecule has 0 aromatic rings. The lowest BCUT2D eigenvalue weighted by atomic mass is 10.0. The van der Waals surface area contributed by atoms with Crippen LogP contribution >= 0.6 is 0 Å². The highest BCUT2D eigenvalue weighted by molar-refractivity contribution is 5.72. The second kappa shape index (κ2) is 11.4. The molecular formula is C13H29FN2O2. The molecule has 0 saturated heterocycles. The Morgan fingerprint density at radius 1 is 1.39 bits per heavy atom. The lowest BCUT2D eigenvalue weighted by molar-refractivity contribution is -0.120. The maximum Gasteiger partial charge on any atom is 0.216 e. The van der Waals surface area contributed by atoms with E-state index in [9.17, 15) is 9.18 Å². The van der Waals surface area contributed by atoms with Gasteiger partial charge in [0.25, 0.3) is 0 Å². The van der Waals surface area contributed by atoms with Crippen LogP contribution in [0.5, 0.6) is 0 Å². The summed E-state index contributed by atoms with van der Waals surface area (Å²) in [6.45, 7) is 12.8. The minimum atomic E-state index is -1.21. The number of ether oxygens (including phenoxy) is 1. The summed E-state index contributed by atoms with van der Waals surface area (Å²) >= 11 is 0. The molecular weight excluding hydrogens is 235 g/mol. The first-order valence-corrected chi connectivity index (χ1v) is 6.63. The molecule has 0 radical (unpaired) electrons. The molecule has 110 valence electrons. The number of hydrogen-bond donors (Lipinski definition) is 2. The Morgan fingerprint density at radius 3 is 2.39 bits per heavy atom. The quantitative estimate of drug-likeness (QED) is 0.658. The predicted octanol–water partition coefficient (Wildman–Crippen LogP) is 1.89. The maximum absolute atomic E-state index is 13.7. The summed E-state index contributed by atoms with van der Waals surface area (Å²) < 4.78 is 19.1. The van der Waals surface area contributed by atoms with Crippen LogP contribution in [-0.4, -0.2) is 43.9 Å². The Labute approximate surface area is 111 Å². The Hall–Kier alpha value is -0.680. The van der Waals surface area contributed by atoms with Crippen LogP contribution in [0.4, 0.5) is 4.39 Å². The highest BCUT2D eigenvalue weighted by atomic mass is 19.1. The van der Waals surface area contributed by atoms with E-state index < -0.39 is 11.8 Å². The molecule has 1 atom stereocenters.